The maximum absolute atomic E-state index is 17.1. The van der Waals surface area contributed by atoms with Gasteiger partial charge in [-0.25, -0.2) is 18.2 Å². The Balaban J connectivity index is 1.35. The van der Waals surface area contributed by atoms with Crippen molar-refractivity contribution < 1.29 is 22.6 Å². The highest BCUT2D eigenvalue weighted by Crippen LogP contribution is 2.50. The summed E-state index contributed by atoms with van der Waals surface area (Å²) >= 11 is 6.99. The number of ether oxygens (including phenoxy) is 2. The second-order valence-corrected chi connectivity index (χ2v) is 13.0. The summed E-state index contributed by atoms with van der Waals surface area (Å²) in [5.74, 6) is -0.760. The molecule has 8 rings (SSSR count). The summed E-state index contributed by atoms with van der Waals surface area (Å²) in [5, 5.41) is 4.97. The highest BCUT2D eigenvalue weighted by Gasteiger charge is 2.49. The van der Waals surface area contributed by atoms with Gasteiger partial charge in [-0.15, -0.1) is 0 Å². The molecule has 3 aliphatic rings. The number of fused-ring (bicyclic) bond motifs is 2. The SMILES string of the molecule is C[C@H](c1cccnc1N)N1CCOc2c(Cl)c(-c3c(F)ccc4cnn(C)c34)c(F)c3nc(OC[C@@]45CCCN4C[C@H](F)C5)nc1c23. The van der Waals surface area contributed by atoms with Gasteiger partial charge in [0.15, 0.2) is 11.6 Å². The number of hydrogen-bond donors (Lipinski definition) is 1. The van der Waals surface area contributed by atoms with E-state index in [2.05, 4.69) is 20.0 Å². The lowest BCUT2D eigenvalue weighted by molar-refractivity contribution is 0.107. The number of alkyl halides is 1. The number of anilines is 2. The molecule has 244 valence electrons. The number of benzene rings is 2. The van der Waals surface area contributed by atoms with E-state index >= 15 is 8.78 Å². The van der Waals surface area contributed by atoms with Crippen molar-refractivity contribution in [1.29, 1.82) is 0 Å². The number of nitrogens with zero attached hydrogens (tertiary/aromatic N) is 7. The molecule has 2 aromatic carbocycles. The lowest BCUT2D eigenvalue weighted by Gasteiger charge is -2.32. The number of nitrogen functional groups attached to an aromatic ring is 1. The highest BCUT2D eigenvalue weighted by molar-refractivity contribution is 6.37. The minimum Gasteiger partial charge on any atom is -0.489 e. The van der Waals surface area contributed by atoms with Gasteiger partial charge in [0.2, 0.25) is 0 Å². The van der Waals surface area contributed by atoms with Gasteiger partial charge in [-0.3, -0.25) is 9.58 Å². The molecule has 2 fully saturated rings. The summed E-state index contributed by atoms with van der Waals surface area (Å²) in [6.07, 6.45) is 4.28. The van der Waals surface area contributed by atoms with E-state index in [-0.39, 0.29) is 58.1 Å². The molecule has 14 heteroatoms. The first-order valence-corrected chi connectivity index (χ1v) is 16.0. The molecule has 0 aliphatic carbocycles. The molecule has 0 spiro atoms. The molecule has 3 aromatic heterocycles. The predicted octanol–water partition coefficient (Wildman–Crippen LogP) is 6.01. The van der Waals surface area contributed by atoms with Gasteiger partial charge >= 0.3 is 6.01 Å². The zero-order valence-electron chi connectivity index (χ0n) is 25.8. The number of halogens is 4. The lowest BCUT2D eigenvalue weighted by Crippen LogP contribution is -2.43. The summed E-state index contributed by atoms with van der Waals surface area (Å²) < 4.78 is 61.4. The molecule has 6 heterocycles. The van der Waals surface area contributed by atoms with Crippen LogP contribution in [0.15, 0.2) is 36.7 Å². The molecule has 0 saturated carbocycles. The second-order valence-electron chi connectivity index (χ2n) is 12.6. The van der Waals surface area contributed by atoms with Crippen LogP contribution in [-0.2, 0) is 7.05 Å². The molecule has 3 aliphatic heterocycles. The van der Waals surface area contributed by atoms with Gasteiger partial charge < -0.3 is 20.1 Å². The zero-order chi connectivity index (χ0) is 32.6. The summed E-state index contributed by atoms with van der Waals surface area (Å²) in [4.78, 5) is 17.7. The van der Waals surface area contributed by atoms with E-state index in [9.17, 15) is 4.39 Å². The van der Waals surface area contributed by atoms with Gasteiger partial charge in [0.1, 0.15) is 42.4 Å². The molecule has 0 bridgehead atoms. The molecule has 10 nitrogen and oxygen atoms in total. The molecule has 0 amide bonds. The summed E-state index contributed by atoms with van der Waals surface area (Å²) in [6.45, 7) is 3.67. The van der Waals surface area contributed by atoms with E-state index < -0.39 is 23.3 Å². The summed E-state index contributed by atoms with van der Waals surface area (Å²) in [6, 6.07) is 6.02. The first-order valence-electron chi connectivity index (χ1n) is 15.6. The van der Waals surface area contributed by atoms with Crippen LogP contribution in [0.4, 0.5) is 24.8 Å². The first-order chi connectivity index (χ1) is 22.7. The number of nitrogens with two attached hydrogens (primary N) is 1. The lowest BCUT2D eigenvalue weighted by atomic mass is 9.95. The van der Waals surface area contributed by atoms with Crippen molar-refractivity contribution in [2.24, 2.45) is 7.05 Å². The summed E-state index contributed by atoms with van der Waals surface area (Å²) in [5.41, 5.74) is 6.48. The third kappa shape index (κ3) is 4.65. The van der Waals surface area contributed by atoms with Crippen LogP contribution in [0.1, 0.15) is 37.8 Å². The average molecular weight is 665 g/mol. The van der Waals surface area contributed by atoms with Crippen molar-refractivity contribution in [2.45, 2.75) is 43.9 Å². The quantitative estimate of drug-likeness (QED) is 0.234. The molecule has 2 saturated heterocycles. The first kappa shape index (κ1) is 30.0. The van der Waals surface area contributed by atoms with E-state index in [4.69, 9.17) is 31.8 Å². The van der Waals surface area contributed by atoms with Gasteiger partial charge in [0, 0.05) is 48.3 Å². The molecule has 47 heavy (non-hydrogen) atoms. The number of aryl methyl sites for hydroxylation is 1. The Labute approximate surface area is 273 Å². The van der Waals surface area contributed by atoms with Crippen LogP contribution in [0.3, 0.4) is 0 Å². The van der Waals surface area contributed by atoms with Gasteiger partial charge in [-0.2, -0.15) is 15.1 Å². The van der Waals surface area contributed by atoms with Gasteiger partial charge in [-0.05, 0) is 44.5 Å². The molecule has 0 radical (unpaired) electrons. The van der Waals surface area contributed by atoms with Gasteiger partial charge in [0.05, 0.1) is 40.2 Å². The topological polar surface area (TPSA) is 107 Å². The van der Waals surface area contributed by atoms with Crippen LogP contribution in [0.5, 0.6) is 11.8 Å². The monoisotopic (exact) mass is 664 g/mol. The van der Waals surface area contributed by atoms with Crippen molar-refractivity contribution in [1.82, 2.24) is 29.6 Å². The summed E-state index contributed by atoms with van der Waals surface area (Å²) in [7, 11) is 1.65. The predicted molar refractivity (Wildman–Crippen MR) is 173 cm³/mol. The zero-order valence-corrected chi connectivity index (χ0v) is 26.6. The van der Waals surface area contributed by atoms with E-state index in [0.29, 0.717) is 42.0 Å². The third-order valence-electron chi connectivity index (χ3n) is 9.91. The van der Waals surface area contributed by atoms with Crippen molar-refractivity contribution in [3.05, 3.63) is 58.9 Å². The fourth-order valence-electron chi connectivity index (χ4n) is 7.67. The molecular formula is C33H32ClF3N8O2. The largest absolute Gasteiger partial charge is 0.489 e. The van der Waals surface area contributed by atoms with Crippen LogP contribution in [0.25, 0.3) is 32.9 Å². The second kappa shape index (κ2) is 11.1. The molecule has 5 aromatic rings. The van der Waals surface area contributed by atoms with Gasteiger partial charge in [0.25, 0.3) is 0 Å². The normalized spacial score (nSPS) is 21.7. The minimum absolute atomic E-state index is 0.0626. The number of hydrogen-bond acceptors (Lipinski definition) is 9. The standard InChI is InChI=1S/C33H32ClF3N8O2/c1-17(20-5-3-9-39-30(20)38)45-11-12-46-29-24-27(26(37)23(25(29)34)22-21(36)7-6-18-14-40-43(2)28(18)22)41-32(42-31(24)45)47-16-33-8-4-10-44(33)15-19(35)13-33/h3,5-7,9,14,17,19H,4,8,10-13,15-16H2,1-2H3,(H2,38,39)/t17-,19-,33+/m1/s1. The van der Waals surface area contributed by atoms with Crippen molar-refractivity contribution in [3.63, 3.8) is 0 Å². The Morgan fingerprint density at radius 3 is 2.87 bits per heavy atom. The maximum atomic E-state index is 17.1. The number of rotatable bonds is 6. The number of pyridine rings is 1. The van der Waals surface area contributed by atoms with E-state index in [0.717, 1.165) is 24.9 Å². The Kier molecular flexibility index (Phi) is 7.10. The van der Waals surface area contributed by atoms with E-state index in [1.54, 1.807) is 31.6 Å². The third-order valence-corrected chi connectivity index (χ3v) is 10.3. The van der Waals surface area contributed by atoms with Crippen LogP contribution in [-0.4, -0.2) is 74.2 Å². The van der Waals surface area contributed by atoms with Crippen molar-refractivity contribution >= 4 is 45.0 Å². The fourth-order valence-corrected chi connectivity index (χ4v) is 8.00. The Morgan fingerprint density at radius 2 is 2.04 bits per heavy atom. The maximum Gasteiger partial charge on any atom is 0.319 e. The number of aromatic nitrogens is 5. The van der Waals surface area contributed by atoms with Crippen LogP contribution < -0.4 is 20.1 Å². The van der Waals surface area contributed by atoms with Crippen LogP contribution >= 0.6 is 11.6 Å². The molecule has 2 N–H and O–H groups in total. The Hall–Kier alpha value is -4.36. The molecule has 0 unspecified atom stereocenters. The minimum atomic E-state index is -0.950. The Bertz CT molecular complexity index is 2060. The van der Waals surface area contributed by atoms with Crippen LogP contribution in [0, 0.1) is 11.6 Å². The molecule has 3 atom stereocenters. The van der Waals surface area contributed by atoms with Crippen LogP contribution in [0.2, 0.25) is 5.02 Å². The fraction of sp³-hybridized carbons (Fsp3) is 0.394. The van der Waals surface area contributed by atoms with Crippen molar-refractivity contribution in [2.75, 3.05) is 43.5 Å². The van der Waals surface area contributed by atoms with E-state index in [1.165, 1.54) is 10.7 Å². The van der Waals surface area contributed by atoms with E-state index in [1.807, 2.05) is 17.9 Å². The average Bonchev–Trinajstić information content (AvgIpc) is 3.67. The highest BCUT2D eigenvalue weighted by atomic mass is 35.5. The smallest absolute Gasteiger partial charge is 0.319 e. The van der Waals surface area contributed by atoms with Crippen molar-refractivity contribution in [3.8, 4) is 22.9 Å². The van der Waals surface area contributed by atoms with Gasteiger partial charge in [-0.1, -0.05) is 17.7 Å². The Morgan fingerprint density at radius 1 is 1.19 bits per heavy atom. The molecular weight excluding hydrogens is 633 g/mol.